The van der Waals surface area contributed by atoms with E-state index in [1.165, 1.54) is 11.6 Å². The number of benzene rings is 2. The largest absolute Gasteiger partial charge is 0.297 e. The van der Waals surface area contributed by atoms with Gasteiger partial charge in [-0.25, -0.2) is 4.39 Å². The number of anilines is 1. The van der Waals surface area contributed by atoms with Crippen molar-refractivity contribution in [2.24, 2.45) is 10.9 Å². The fourth-order valence-corrected chi connectivity index (χ4v) is 2.27. The fourth-order valence-electron chi connectivity index (χ4n) is 2.27. The van der Waals surface area contributed by atoms with Crippen molar-refractivity contribution in [2.75, 3.05) is 12.0 Å². The third-order valence-electron chi connectivity index (χ3n) is 3.69. The molecule has 3 nitrogen and oxygen atoms in total. The van der Waals surface area contributed by atoms with Crippen LogP contribution in [0.2, 0.25) is 0 Å². The third-order valence-corrected chi connectivity index (χ3v) is 3.69. The fraction of sp³-hybridized carbons (Fsp3) is 0.278. The molecule has 0 radical (unpaired) electrons. The number of hydrogen-bond donors (Lipinski definition) is 2. The number of nitrogens with one attached hydrogen (secondary N) is 2. The maximum absolute atomic E-state index is 13.6. The van der Waals surface area contributed by atoms with Gasteiger partial charge in [0.05, 0.1) is 5.69 Å². The highest BCUT2D eigenvalue weighted by molar-refractivity contribution is 5.87. The summed E-state index contributed by atoms with van der Waals surface area (Å²) in [5.41, 5.74) is 7.74. The van der Waals surface area contributed by atoms with Gasteiger partial charge in [0.25, 0.3) is 0 Å². The Morgan fingerprint density at radius 1 is 1.05 bits per heavy atom. The molecular formula is C18H20FN3. The Kier molecular flexibility index (Phi) is 4.68. The first kappa shape index (κ1) is 14.6. The SMILES string of the molecule is Fc1ccccc1NNC(=NCCc1ccccc1)C1CC1. The molecule has 0 aliphatic heterocycles. The molecule has 0 spiro atoms. The molecule has 0 atom stereocenters. The maximum Gasteiger partial charge on any atom is 0.148 e. The van der Waals surface area contributed by atoms with Gasteiger partial charge in [-0.3, -0.25) is 15.8 Å². The van der Waals surface area contributed by atoms with Crippen LogP contribution in [0.25, 0.3) is 0 Å². The standard InChI is InChI=1S/C18H20FN3/c19-16-8-4-5-9-17(16)21-22-18(15-10-11-15)20-13-12-14-6-2-1-3-7-14/h1-9,15,21H,10-13H2,(H,20,22). The van der Waals surface area contributed by atoms with Crippen LogP contribution >= 0.6 is 0 Å². The van der Waals surface area contributed by atoms with E-state index in [2.05, 4.69) is 28.0 Å². The van der Waals surface area contributed by atoms with Crippen LogP contribution in [0.4, 0.5) is 10.1 Å². The van der Waals surface area contributed by atoms with E-state index in [1.54, 1.807) is 18.2 Å². The predicted octanol–water partition coefficient (Wildman–Crippen LogP) is 3.79. The van der Waals surface area contributed by atoms with Gasteiger partial charge in [-0.2, -0.15) is 0 Å². The second-order valence-corrected chi connectivity index (χ2v) is 5.51. The van der Waals surface area contributed by atoms with Crippen molar-refractivity contribution in [1.29, 1.82) is 0 Å². The highest BCUT2D eigenvalue weighted by atomic mass is 19.1. The molecule has 0 saturated heterocycles. The van der Waals surface area contributed by atoms with Crippen LogP contribution in [0.5, 0.6) is 0 Å². The number of hydrazine groups is 1. The first-order valence-electron chi connectivity index (χ1n) is 7.68. The second kappa shape index (κ2) is 7.07. The van der Waals surface area contributed by atoms with Crippen LogP contribution in [-0.4, -0.2) is 12.4 Å². The van der Waals surface area contributed by atoms with E-state index in [-0.39, 0.29) is 5.82 Å². The molecule has 1 aliphatic rings. The molecule has 2 aromatic carbocycles. The third kappa shape index (κ3) is 4.07. The van der Waals surface area contributed by atoms with Crippen molar-refractivity contribution in [2.45, 2.75) is 19.3 Å². The van der Waals surface area contributed by atoms with Gasteiger partial charge in [0, 0.05) is 12.5 Å². The molecule has 1 saturated carbocycles. The zero-order valence-corrected chi connectivity index (χ0v) is 12.4. The average molecular weight is 297 g/mol. The summed E-state index contributed by atoms with van der Waals surface area (Å²) in [4.78, 5) is 4.65. The van der Waals surface area contributed by atoms with Gasteiger partial charge in [-0.05, 0) is 37.0 Å². The van der Waals surface area contributed by atoms with E-state index < -0.39 is 0 Å². The van der Waals surface area contributed by atoms with Crippen LogP contribution in [0.1, 0.15) is 18.4 Å². The quantitative estimate of drug-likeness (QED) is 0.483. The lowest BCUT2D eigenvalue weighted by molar-refractivity contribution is 0.629. The Morgan fingerprint density at radius 3 is 2.50 bits per heavy atom. The van der Waals surface area contributed by atoms with E-state index >= 15 is 0 Å². The van der Waals surface area contributed by atoms with Gasteiger partial charge in [-0.1, -0.05) is 42.5 Å². The highest BCUT2D eigenvalue weighted by Gasteiger charge is 2.27. The number of hydrogen-bond acceptors (Lipinski definition) is 2. The summed E-state index contributed by atoms with van der Waals surface area (Å²) >= 11 is 0. The molecule has 3 rings (SSSR count). The minimum absolute atomic E-state index is 0.269. The number of nitrogens with zero attached hydrogens (tertiary/aromatic N) is 1. The first-order valence-corrected chi connectivity index (χ1v) is 7.68. The molecule has 0 heterocycles. The Morgan fingerprint density at radius 2 is 1.77 bits per heavy atom. The Labute approximate surface area is 130 Å². The number of rotatable bonds is 6. The number of aliphatic imine (C=N–C) groups is 1. The average Bonchev–Trinajstić information content (AvgIpc) is 3.38. The molecule has 22 heavy (non-hydrogen) atoms. The summed E-state index contributed by atoms with van der Waals surface area (Å²) in [7, 11) is 0. The van der Waals surface area contributed by atoms with Gasteiger partial charge in [0.15, 0.2) is 0 Å². The highest BCUT2D eigenvalue weighted by Crippen LogP contribution is 2.29. The summed E-state index contributed by atoms with van der Waals surface area (Å²) in [6.07, 6.45) is 3.21. The van der Waals surface area contributed by atoms with Gasteiger partial charge < -0.3 is 0 Å². The molecule has 0 bridgehead atoms. The lowest BCUT2D eigenvalue weighted by Crippen LogP contribution is -2.31. The first-order chi connectivity index (χ1) is 10.8. The summed E-state index contributed by atoms with van der Waals surface area (Å²) in [6, 6.07) is 16.9. The summed E-state index contributed by atoms with van der Waals surface area (Å²) in [5, 5.41) is 0. The van der Waals surface area contributed by atoms with Crippen LogP contribution in [0, 0.1) is 11.7 Å². The Bertz CT molecular complexity index is 636. The number of para-hydroxylation sites is 1. The second-order valence-electron chi connectivity index (χ2n) is 5.51. The van der Waals surface area contributed by atoms with Crippen molar-refractivity contribution in [3.8, 4) is 0 Å². The molecule has 114 valence electrons. The zero-order chi connectivity index (χ0) is 15.2. The van der Waals surface area contributed by atoms with E-state index in [0.717, 1.165) is 31.6 Å². The predicted molar refractivity (Wildman–Crippen MR) is 88.3 cm³/mol. The monoisotopic (exact) mass is 297 g/mol. The van der Waals surface area contributed by atoms with Crippen molar-refractivity contribution in [1.82, 2.24) is 5.43 Å². The van der Waals surface area contributed by atoms with E-state index in [0.29, 0.717) is 11.6 Å². The Hall–Kier alpha value is -2.36. The molecule has 2 aromatic rings. The summed E-state index contributed by atoms with van der Waals surface area (Å²) < 4.78 is 13.6. The lowest BCUT2D eigenvalue weighted by Gasteiger charge is -2.12. The summed E-state index contributed by atoms with van der Waals surface area (Å²) in [5.74, 6) is 1.14. The lowest BCUT2D eigenvalue weighted by atomic mass is 10.1. The number of halogens is 1. The molecule has 0 amide bonds. The van der Waals surface area contributed by atoms with E-state index in [9.17, 15) is 4.39 Å². The smallest absolute Gasteiger partial charge is 0.148 e. The molecule has 0 aromatic heterocycles. The van der Waals surface area contributed by atoms with Crippen molar-refractivity contribution in [3.05, 3.63) is 66.0 Å². The molecule has 0 unspecified atom stereocenters. The van der Waals surface area contributed by atoms with Crippen LogP contribution < -0.4 is 10.9 Å². The zero-order valence-electron chi connectivity index (χ0n) is 12.4. The minimum atomic E-state index is -0.269. The van der Waals surface area contributed by atoms with Crippen LogP contribution in [0.15, 0.2) is 59.6 Å². The van der Waals surface area contributed by atoms with Gasteiger partial charge in [-0.15, -0.1) is 0 Å². The topological polar surface area (TPSA) is 36.4 Å². The van der Waals surface area contributed by atoms with Gasteiger partial charge in [0.1, 0.15) is 11.7 Å². The maximum atomic E-state index is 13.6. The van der Waals surface area contributed by atoms with E-state index in [1.807, 2.05) is 18.2 Å². The van der Waals surface area contributed by atoms with Crippen molar-refractivity contribution >= 4 is 11.5 Å². The van der Waals surface area contributed by atoms with Crippen molar-refractivity contribution in [3.63, 3.8) is 0 Å². The molecule has 1 fully saturated rings. The molecule has 2 N–H and O–H groups in total. The number of amidine groups is 1. The van der Waals surface area contributed by atoms with Gasteiger partial charge in [0.2, 0.25) is 0 Å². The minimum Gasteiger partial charge on any atom is -0.297 e. The van der Waals surface area contributed by atoms with Crippen LogP contribution in [0.3, 0.4) is 0 Å². The molecule has 1 aliphatic carbocycles. The van der Waals surface area contributed by atoms with Gasteiger partial charge >= 0.3 is 0 Å². The van der Waals surface area contributed by atoms with E-state index in [4.69, 9.17) is 0 Å². The molecular weight excluding hydrogens is 277 g/mol. The summed E-state index contributed by atoms with van der Waals surface area (Å²) in [6.45, 7) is 0.738. The van der Waals surface area contributed by atoms with Crippen molar-refractivity contribution < 1.29 is 4.39 Å². The normalized spacial score (nSPS) is 14.7. The molecule has 4 heteroatoms. The van der Waals surface area contributed by atoms with Crippen LogP contribution in [-0.2, 0) is 6.42 Å². The Balaban J connectivity index is 1.56.